The number of ether oxygens (including phenoxy) is 1. The Bertz CT molecular complexity index is 423. The predicted molar refractivity (Wildman–Crippen MR) is 63.5 cm³/mol. The monoisotopic (exact) mass is 305 g/mol. The van der Waals surface area contributed by atoms with Crippen molar-refractivity contribution >= 4 is 39.4 Å². The Morgan fingerprint density at radius 2 is 2.19 bits per heavy atom. The Morgan fingerprint density at radius 3 is 2.81 bits per heavy atom. The second-order valence-corrected chi connectivity index (χ2v) is 4.20. The van der Waals surface area contributed by atoms with Gasteiger partial charge in [0.15, 0.2) is 6.61 Å². The lowest BCUT2D eigenvalue weighted by Crippen LogP contribution is -2.25. The molecular weight excluding hydrogens is 297 g/mol. The van der Waals surface area contributed by atoms with Crippen molar-refractivity contribution in [1.29, 1.82) is 0 Å². The van der Waals surface area contributed by atoms with Crippen LogP contribution in [-0.2, 0) is 9.53 Å². The maximum Gasteiger partial charge on any atom is 0.340 e. The van der Waals surface area contributed by atoms with Gasteiger partial charge in [-0.05, 0) is 18.2 Å². The minimum absolute atomic E-state index is 0.222. The molecule has 0 unspecified atom stereocenters. The highest BCUT2D eigenvalue weighted by molar-refractivity contribution is 9.10. The molecule has 0 atom stereocenters. The zero-order valence-electron chi connectivity index (χ0n) is 8.42. The Hall–Kier alpha value is -1.07. The van der Waals surface area contributed by atoms with E-state index in [1.54, 1.807) is 12.1 Å². The van der Waals surface area contributed by atoms with Gasteiger partial charge >= 0.3 is 5.97 Å². The summed E-state index contributed by atoms with van der Waals surface area (Å²) in [5.41, 5.74) is 0.222. The van der Waals surface area contributed by atoms with Gasteiger partial charge in [0.25, 0.3) is 5.91 Å². The van der Waals surface area contributed by atoms with Crippen molar-refractivity contribution < 1.29 is 14.3 Å². The van der Waals surface area contributed by atoms with E-state index in [0.717, 1.165) is 0 Å². The van der Waals surface area contributed by atoms with E-state index in [1.165, 1.54) is 13.1 Å². The SMILES string of the molecule is CNC(=O)COC(=O)c1cc(Br)ccc1Cl. The Morgan fingerprint density at radius 1 is 1.50 bits per heavy atom. The van der Waals surface area contributed by atoms with Crippen LogP contribution < -0.4 is 5.32 Å². The number of hydrogen-bond acceptors (Lipinski definition) is 3. The van der Waals surface area contributed by atoms with Crippen molar-refractivity contribution in [2.45, 2.75) is 0 Å². The van der Waals surface area contributed by atoms with Gasteiger partial charge in [0.2, 0.25) is 0 Å². The number of amides is 1. The number of carbonyl (C=O) groups is 2. The lowest BCUT2D eigenvalue weighted by molar-refractivity contribution is -0.123. The van der Waals surface area contributed by atoms with Crippen LogP contribution >= 0.6 is 27.5 Å². The molecule has 16 heavy (non-hydrogen) atoms. The maximum absolute atomic E-state index is 11.5. The molecule has 0 heterocycles. The molecule has 0 aliphatic carbocycles. The van der Waals surface area contributed by atoms with E-state index in [1.807, 2.05) is 0 Å². The topological polar surface area (TPSA) is 55.4 Å². The summed E-state index contributed by atoms with van der Waals surface area (Å²) in [6.45, 7) is -0.321. The Kier molecular flexibility index (Phi) is 4.76. The average molecular weight is 307 g/mol. The largest absolute Gasteiger partial charge is 0.452 e. The second-order valence-electron chi connectivity index (χ2n) is 2.87. The van der Waals surface area contributed by atoms with Gasteiger partial charge in [0.1, 0.15) is 0 Å². The molecule has 0 aliphatic rings. The van der Waals surface area contributed by atoms with Gasteiger partial charge in [-0.15, -0.1) is 0 Å². The molecule has 1 amide bonds. The quantitative estimate of drug-likeness (QED) is 0.869. The lowest BCUT2D eigenvalue weighted by Gasteiger charge is -2.05. The van der Waals surface area contributed by atoms with E-state index >= 15 is 0 Å². The predicted octanol–water partition coefficient (Wildman–Crippen LogP) is 2.01. The van der Waals surface area contributed by atoms with Gasteiger partial charge in [0, 0.05) is 11.5 Å². The van der Waals surface area contributed by atoms with Crippen LogP contribution in [0.4, 0.5) is 0 Å². The van der Waals surface area contributed by atoms with E-state index in [4.69, 9.17) is 16.3 Å². The summed E-state index contributed by atoms with van der Waals surface area (Å²) in [4.78, 5) is 22.4. The van der Waals surface area contributed by atoms with Gasteiger partial charge in [0.05, 0.1) is 10.6 Å². The molecule has 1 rings (SSSR count). The third-order valence-electron chi connectivity index (χ3n) is 1.76. The molecule has 0 radical (unpaired) electrons. The van der Waals surface area contributed by atoms with Crippen molar-refractivity contribution in [1.82, 2.24) is 5.32 Å². The summed E-state index contributed by atoms with van der Waals surface area (Å²) < 4.78 is 5.47. The molecule has 0 aromatic heterocycles. The Labute approximate surface area is 106 Å². The first-order chi connectivity index (χ1) is 7.54. The van der Waals surface area contributed by atoms with Crippen LogP contribution in [0, 0.1) is 0 Å². The molecule has 6 heteroatoms. The first-order valence-electron chi connectivity index (χ1n) is 4.37. The molecular formula is C10H9BrClNO3. The van der Waals surface area contributed by atoms with E-state index < -0.39 is 5.97 Å². The fourth-order valence-corrected chi connectivity index (χ4v) is 1.49. The third-order valence-corrected chi connectivity index (χ3v) is 2.58. The number of carbonyl (C=O) groups excluding carboxylic acids is 2. The van der Waals surface area contributed by atoms with E-state index in [9.17, 15) is 9.59 Å². The summed E-state index contributed by atoms with van der Waals surface area (Å²) in [5.74, 6) is -1.01. The summed E-state index contributed by atoms with van der Waals surface area (Å²) in [7, 11) is 1.46. The molecule has 1 aromatic carbocycles. The van der Waals surface area contributed by atoms with Crippen LogP contribution in [0.1, 0.15) is 10.4 Å². The summed E-state index contributed by atoms with van der Waals surface area (Å²) >= 11 is 9.03. The molecule has 0 spiro atoms. The minimum Gasteiger partial charge on any atom is -0.452 e. The van der Waals surface area contributed by atoms with Gasteiger partial charge < -0.3 is 10.1 Å². The van der Waals surface area contributed by atoms with Gasteiger partial charge in [-0.25, -0.2) is 4.79 Å². The van der Waals surface area contributed by atoms with Crippen molar-refractivity contribution in [3.8, 4) is 0 Å². The zero-order valence-corrected chi connectivity index (χ0v) is 10.8. The van der Waals surface area contributed by atoms with E-state index in [2.05, 4.69) is 21.2 Å². The number of hydrogen-bond donors (Lipinski definition) is 1. The number of likely N-dealkylation sites (N-methyl/N-ethyl adjacent to an activating group) is 1. The standard InChI is InChI=1S/C10H9BrClNO3/c1-13-9(14)5-16-10(15)7-4-6(11)2-3-8(7)12/h2-4H,5H2,1H3,(H,13,14). The third kappa shape index (κ3) is 3.50. The van der Waals surface area contributed by atoms with Crippen molar-refractivity contribution in [2.75, 3.05) is 13.7 Å². The molecule has 1 aromatic rings. The van der Waals surface area contributed by atoms with E-state index in [-0.39, 0.29) is 23.1 Å². The number of nitrogens with one attached hydrogen (secondary N) is 1. The molecule has 0 saturated carbocycles. The smallest absolute Gasteiger partial charge is 0.340 e. The highest BCUT2D eigenvalue weighted by Crippen LogP contribution is 2.21. The van der Waals surface area contributed by atoms with Gasteiger partial charge in [-0.1, -0.05) is 27.5 Å². The summed E-state index contributed by atoms with van der Waals surface area (Å²) in [6, 6.07) is 4.81. The molecule has 0 bridgehead atoms. The molecule has 0 saturated heterocycles. The molecule has 4 nitrogen and oxygen atoms in total. The fourth-order valence-electron chi connectivity index (χ4n) is 0.935. The van der Waals surface area contributed by atoms with E-state index in [0.29, 0.717) is 4.47 Å². The van der Waals surface area contributed by atoms with Crippen LogP contribution in [0.25, 0.3) is 0 Å². The molecule has 0 aliphatic heterocycles. The van der Waals surface area contributed by atoms with Crippen molar-refractivity contribution in [2.24, 2.45) is 0 Å². The zero-order chi connectivity index (χ0) is 12.1. The number of rotatable bonds is 3. The number of halogens is 2. The lowest BCUT2D eigenvalue weighted by atomic mass is 10.2. The first kappa shape index (κ1) is 13.0. The first-order valence-corrected chi connectivity index (χ1v) is 5.54. The van der Waals surface area contributed by atoms with Crippen molar-refractivity contribution in [3.05, 3.63) is 33.3 Å². The minimum atomic E-state index is -0.630. The fraction of sp³-hybridized carbons (Fsp3) is 0.200. The van der Waals surface area contributed by atoms with Gasteiger partial charge in [-0.3, -0.25) is 4.79 Å². The normalized spacial score (nSPS) is 9.69. The molecule has 0 fully saturated rings. The van der Waals surface area contributed by atoms with Crippen LogP contribution in [0.15, 0.2) is 22.7 Å². The van der Waals surface area contributed by atoms with Crippen LogP contribution in [0.2, 0.25) is 5.02 Å². The average Bonchev–Trinajstić information content (AvgIpc) is 2.28. The maximum atomic E-state index is 11.5. The molecule has 1 N–H and O–H groups in total. The van der Waals surface area contributed by atoms with Crippen molar-refractivity contribution in [3.63, 3.8) is 0 Å². The van der Waals surface area contributed by atoms with Gasteiger partial charge in [-0.2, -0.15) is 0 Å². The number of benzene rings is 1. The van der Waals surface area contributed by atoms with Crippen LogP contribution in [0.3, 0.4) is 0 Å². The number of esters is 1. The highest BCUT2D eigenvalue weighted by atomic mass is 79.9. The van der Waals surface area contributed by atoms with Crippen LogP contribution in [0.5, 0.6) is 0 Å². The Balaban J connectivity index is 2.73. The molecule has 86 valence electrons. The summed E-state index contributed by atoms with van der Waals surface area (Å²) in [6.07, 6.45) is 0. The second kappa shape index (κ2) is 5.86. The van der Waals surface area contributed by atoms with Crippen LogP contribution in [-0.4, -0.2) is 25.5 Å². The highest BCUT2D eigenvalue weighted by Gasteiger charge is 2.13. The summed E-state index contributed by atoms with van der Waals surface area (Å²) in [5, 5.41) is 2.62.